The maximum absolute atomic E-state index is 13.9. The Kier molecular flexibility index (Phi) is 8.39. The summed E-state index contributed by atoms with van der Waals surface area (Å²) in [5.41, 5.74) is 8.42. The summed E-state index contributed by atoms with van der Waals surface area (Å²) in [7, 11) is 1.74. The van der Waals surface area contributed by atoms with E-state index in [0.29, 0.717) is 43.5 Å². The van der Waals surface area contributed by atoms with E-state index >= 15 is 0 Å². The molecule has 0 bridgehead atoms. The monoisotopic (exact) mass is 715 g/mol. The molecule has 2 saturated heterocycles. The third kappa shape index (κ3) is 6.09. The van der Waals surface area contributed by atoms with Gasteiger partial charge in [0.15, 0.2) is 0 Å². The summed E-state index contributed by atoms with van der Waals surface area (Å²) in [5, 5.41) is 15.6. The lowest BCUT2D eigenvalue weighted by molar-refractivity contribution is -0.134. The summed E-state index contributed by atoms with van der Waals surface area (Å²) in [6, 6.07) is 16.2. The van der Waals surface area contributed by atoms with Gasteiger partial charge in [0.2, 0.25) is 0 Å². The van der Waals surface area contributed by atoms with E-state index in [9.17, 15) is 14.7 Å². The van der Waals surface area contributed by atoms with E-state index in [0.717, 1.165) is 81.7 Å². The number of carbonyl (C=O) groups is 2. The summed E-state index contributed by atoms with van der Waals surface area (Å²) in [4.78, 5) is 43.9. The molecular weight excluding hydrogens is 674 g/mol. The molecule has 0 spiro atoms. The van der Waals surface area contributed by atoms with Crippen molar-refractivity contribution in [3.05, 3.63) is 95.3 Å². The van der Waals surface area contributed by atoms with Crippen molar-refractivity contribution >= 4 is 12.0 Å². The Bertz CT molecular complexity index is 2150. The molecule has 53 heavy (non-hydrogen) atoms. The largest absolute Gasteiger partial charge is 0.488 e. The second-order valence-corrected chi connectivity index (χ2v) is 14.6. The zero-order chi connectivity index (χ0) is 36.2. The molecule has 13 heteroatoms. The van der Waals surface area contributed by atoms with Crippen LogP contribution in [0.1, 0.15) is 66.2 Å². The number of aromatic amines is 2. The van der Waals surface area contributed by atoms with Crippen LogP contribution in [0.3, 0.4) is 0 Å². The van der Waals surface area contributed by atoms with Crippen LogP contribution in [0, 0.1) is 11.8 Å². The Morgan fingerprint density at radius 3 is 2.23 bits per heavy atom. The average Bonchev–Trinajstić information content (AvgIpc) is 4.00. The Morgan fingerprint density at radius 2 is 1.58 bits per heavy atom. The van der Waals surface area contributed by atoms with Crippen molar-refractivity contribution in [1.29, 1.82) is 0 Å². The lowest BCUT2D eigenvalue weighted by Crippen LogP contribution is -2.42. The van der Waals surface area contributed by atoms with E-state index in [2.05, 4.69) is 45.7 Å². The first-order valence-corrected chi connectivity index (χ1v) is 18.1. The van der Waals surface area contributed by atoms with Gasteiger partial charge < -0.3 is 44.8 Å². The lowest BCUT2D eigenvalue weighted by atomic mass is 9.87. The summed E-state index contributed by atoms with van der Waals surface area (Å²) >= 11 is 0. The second-order valence-electron chi connectivity index (χ2n) is 14.6. The first-order chi connectivity index (χ1) is 25.8. The van der Waals surface area contributed by atoms with Crippen LogP contribution < -0.4 is 20.1 Å². The number of imidazole rings is 2. The fraction of sp³-hybridized carbons (Fsp3) is 0.350. The highest BCUT2D eigenvalue weighted by Crippen LogP contribution is 2.51. The van der Waals surface area contributed by atoms with Crippen molar-refractivity contribution in [3.8, 4) is 45.1 Å². The molecule has 5 aromatic rings. The number of nitrogens with zero attached hydrogens (tertiary/aromatic N) is 3. The van der Waals surface area contributed by atoms with Gasteiger partial charge in [-0.3, -0.25) is 4.79 Å². The van der Waals surface area contributed by atoms with Crippen LogP contribution in [0.25, 0.3) is 33.6 Å². The topological polar surface area (TPSA) is 167 Å². The lowest BCUT2D eigenvalue weighted by Gasteiger charge is -2.30. The zero-order valence-corrected chi connectivity index (χ0v) is 29.5. The molecule has 13 nitrogen and oxygen atoms in total. The number of hydrogen-bond acceptors (Lipinski definition) is 8. The maximum Gasteiger partial charge on any atom is 0.405 e. The fourth-order valence-corrected chi connectivity index (χ4v) is 8.46. The molecule has 3 aromatic carbocycles. The van der Waals surface area contributed by atoms with Crippen molar-refractivity contribution in [2.75, 3.05) is 26.8 Å². The number of rotatable bonds is 9. The number of aromatic nitrogens is 4. The number of nitrogens with one attached hydrogen (secondary N) is 4. The van der Waals surface area contributed by atoms with Crippen molar-refractivity contribution in [2.45, 2.75) is 51.1 Å². The minimum absolute atomic E-state index is 0.172. The van der Waals surface area contributed by atoms with Gasteiger partial charge in [-0.2, -0.15) is 0 Å². The SMILES string of the molecule is COC[C@@H]1CN[C@H](c2ncc(-c3cc4c5c(c3)OCc3cc(-c6cnc([C@@H]7C[C@H](C)CN7C(=O)[C@H](NC(=O)O)c7ccccc7)[nH]6)cc(c3-5)OC4)[nH]2)C1. The number of carboxylic acid groups (broad SMARTS) is 1. The van der Waals surface area contributed by atoms with E-state index in [-0.39, 0.29) is 23.9 Å². The van der Waals surface area contributed by atoms with Gasteiger partial charge in [0.05, 0.1) is 42.5 Å². The van der Waals surface area contributed by atoms with Crippen LogP contribution in [0.15, 0.2) is 67.0 Å². The third-order valence-corrected chi connectivity index (χ3v) is 10.9. The Morgan fingerprint density at radius 1 is 0.943 bits per heavy atom. The molecule has 2 aromatic heterocycles. The van der Waals surface area contributed by atoms with E-state index in [4.69, 9.17) is 24.2 Å². The van der Waals surface area contributed by atoms with E-state index in [1.807, 2.05) is 18.3 Å². The van der Waals surface area contributed by atoms with Crippen molar-refractivity contribution in [2.24, 2.45) is 11.8 Å². The number of H-pyrrole nitrogens is 2. The maximum atomic E-state index is 13.9. The minimum Gasteiger partial charge on any atom is -0.488 e. The van der Waals surface area contributed by atoms with Crippen molar-refractivity contribution < 1.29 is 28.9 Å². The van der Waals surface area contributed by atoms with Crippen LogP contribution >= 0.6 is 0 Å². The van der Waals surface area contributed by atoms with Gasteiger partial charge in [-0.05, 0) is 54.5 Å². The fourth-order valence-electron chi connectivity index (χ4n) is 8.46. The predicted molar refractivity (Wildman–Crippen MR) is 195 cm³/mol. The van der Waals surface area contributed by atoms with E-state index < -0.39 is 12.1 Å². The molecule has 4 aliphatic rings. The van der Waals surface area contributed by atoms with Gasteiger partial charge in [0, 0.05) is 53.6 Å². The molecule has 2 fully saturated rings. The number of hydrogen-bond donors (Lipinski definition) is 5. The summed E-state index contributed by atoms with van der Waals surface area (Å²) in [5.74, 6) is 3.58. The molecule has 2 amide bonds. The standard InChI is InChI=1S/C40H41N7O6/c1-21-8-31(47(17-21)39(48)36(46-40(49)50)23-6-4-3-5-7-23)38-43-16-30(45-38)25-11-27-20-52-32-12-24(10-26-19-53-33(13-25)35(27)34(26)32)29-15-42-37(44-29)28-9-22(14-41-28)18-51-2/h3-7,10-13,15-16,21-22,28,31,36,41,46H,8-9,14,17-20H2,1-2H3,(H,42,44)(H,43,45)(H,49,50)/t21-,22-,28-,31-,36+/m0/s1. The second kappa shape index (κ2) is 13.4. The van der Waals surface area contributed by atoms with Gasteiger partial charge in [-0.25, -0.2) is 14.8 Å². The quantitative estimate of drug-likeness (QED) is 0.121. The summed E-state index contributed by atoms with van der Waals surface area (Å²) in [6.07, 6.45) is 4.10. The highest BCUT2D eigenvalue weighted by atomic mass is 16.5. The molecule has 0 saturated carbocycles. The number of benzene rings is 3. The summed E-state index contributed by atoms with van der Waals surface area (Å²) in [6.45, 7) is 5.02. The minimum atomic E-state index is -1.25. The Balaban J connectivity index is 0.971. The van der Waals surface area contributed by atoms with Crippen LogP contribution in [0.2, 0.25) is 0 Å². The molecule has 5 N–H and O–H groups in total. The van der Waals surface area contributed by atoms with Gasteiger partial charge in [-0.15, -0.1) is 0 Å². The highest BCUT2D eigenvalue weighted by Gasteiger charge is 2.40. The van der Waals surface area contributed by atoms with Gasteiger partial charge in [-0.1, -0.05) is 37.3 Å². The molecule has 0 aliphatic carbocycles. The number of amides is 2. The van der Waals surface area contributed by atoms with Gasteiger partial charge >= 0.3 is 6.09 Å². The summed E-state index contributed by atoms with van der Waals surface area (Å²) < 4.78 is 18.2. The molecule has 4 aliphatic heterocycles. The third-order valence-electron chi connectivity index (χ3n) is 10.9. The molecule has 9 rings (SSSR count). The van der Waals surface area contributed by atoms with Gasteiger partial charge in [0.25, 0.3) is 5.91 Å². The first-order valence-electron chi connectivity index (χ1n) is 18.1. The molecule has 272 valence electrons. The molecule has 6 heterocycles. The number of likely N-dealkylation sites (tertiary alicyclic amines) is 1. The van der Waals surface area contributed by atoms with E-state index in [1.54, 1.807) is 42.5 Å². The molecule has 5 atom stereocenters. The van der Waals surface area contributed by atoms with Gasteiger partial charge in [0.1, 0.15) is 42.4 Å². The number of methoxy groups -OCH3 is 1. The molecule has 0 radical (unpaired) electrons. The smallest absolute Gasteiger partial charge is 0.405 e. The van der Waals surface area contributed by atoms with Crippen LogP contribution in [0.5, 0.6) is 11.5 Å². The van der Waals surface area contributed by atoms with Crippen molar-refractivity contribution in [3.63, 3.8) is 0 Å². The van der Waals surface area contributed by atoms with Crippen molar-refractivity contribution in [1.82, 2.24) is 35.5 Å². The Hall–Kier alpha value is -5.66. The highest BCUT2D eigenvalue weighted by molar-refractivity contribution is 5.89. The average molecular weight is 716 g/mol. The van der Waals surface area contributed by atoms with Crippen LogP contribution in [0.4, 0.5) is 4.79 Å². The van der Waals surface area contributed by atoms with Crippen LogP contribution in [-0.4, -0.2) is 68.7 Å². The van der Waals surface area contributed by atoms with Crippen LogP contribution in [-0.2, 0) is 22.7 Å². The first kappa shape index (κ1) is 33.2. The predicted octanol–water partition coefficient (Wildman–Crippen LogP) is 6.13. The molecular formula is C40H41N7O6. The Labute approximate surface area is 306 Å². The molecule has 0 unspecified atom stereocenters. The number of ether oxygens (including phenoxy) is 3. The number of carbonyl (C=O) groups excluding carboxylic acids is 1. The zero-order valence-electron chi connectivity index (χ0n) is 29.5. The normalized spacial score (nSPS) is 21.8. The van der Waals surface area contributed by atoms with E-state index in [1.165, 1.54) is 0 Å².